The summed E-state index contributed by atoms with van der Waals surface area (Å²) >= 11 is 2.92. The normalized spacial score (nSPS) is 15.8. The highest BCUT2D eigenvalue weighted by molar-refractivity contribution is 7.99. The molecular weight excluding hydrogens is 368 g/mol. The molecule has 3 rings (SSSR count). The predicted molar refractivity (Wildman–Crippen MR) is 108 cm³/mol. The molecule has 0 bridgehead atoms. The van der Waals surface area contributed by atoms with Gasteiger partial charge in [-0.2, -0.15) is 0 Å². The predicted octanol–water partition coefficient (Wildman–Crippen LogP) is 2.42. The van der Waals surface area contributed by atoms with Crippen LogP contribution in [0, 0.1) is 0 Å². The number of nitrogens with one attached hydrogen (secondary N) is 2. The van der Waals surface area contributed by atoms with E-state index >= 15 is 0 Å². The van der Waals surface area contributed by atoms with Gasteiger partial charge in [0.25, 0.3) is 5.56 Å². The molecule has 1 aliphatic rings. The lowest BCUT2D eigenvalue weighted by atomic mass is 10.1. The Morgan fingerprint density at radius 1 is 1.27 bits per heavy atom. The first-order valence-electron chi connectivity index (χ1n) is 9.26. The standard InChI is InChI=1S/C18H26N4O2S2/c23-16(20-8-7-19-14-5-3-1-2-4-6-14)13-25-12-15-11-17(24)22-9-10-26-18(22)21-15/h9-11,14,19H,1-8,12-13H2,(H,20,23). The molecule has 6 nitrogen and oxygen atoms in total. The van der Waals surface area contributed by atoms with Crippen LogP contribution in [0.25, 0.3) is 4.96 Å². The number of aromatic nitrogens is 2. The van der Waals surface area contributed by atoms with Crippen LogP contribution in [0.2, 0.25) is 0 Å². The molecule has 0 aromatic carbocycles. The van der Waals surface area contributed by atoms with Crippen molar-refractivity contribution in [2.45, 2.75) is 50.3 Å². The third kappa shape index (κ3) is 5.82. The molecule has 0 aliphatic heterocycles. The van der Waals surface area contributed by atoms with Crippen LogP contribution in [0.15, 0.2) is 22.4 Å². The average molecular weight is 395 g/mol. The Bertz CT molecular complexity index is 766. The van der Waals surface area contributed by atoms with Crippen molar-refractivity contribution in [2.24, 2.45) is 0 Å². The number of nitrogens with zero attached hydrogens (tertiary/aromatic N) is 2. The van der Waals surface area contributed by atoms with Gasteiger partial charge in [0.15, 0.2) is 4.96 Å². The minimum Gasteiger partial charge on any atom is -0.354 e. The van der Waals surface area contributed by atoms with E-state index in [1.807, 2.05) is 5.38 Å². The highest BCUT2D eigenvalue weighted by Crippen LogP contribution is 2.17. The second kappa shape index (κ2) is 10.1. The fourth-order valence-corrected chi connectivity index (χ4v) is 4.71. The van der Waals surface area contributed by atoms with E-state index in [1.165, 1.54) is 66.0 Å². The number of carbonyl (C=O) groups excluding carboxylic acids is 1. The third-order valence-corrected chi connectivity index (χ3v) is 6.30. The molecule has 1 amide bonds. The van der Waals surface area contributed by atoms with Crippen LogP contribution in [0.4, 0.5) is 0 Å². The Morgan fingerprint density at radius 3 is 2.88 bits per heavy atom. The monoisotopic (exact) mass is 394 g/mol. The molecule has 0 atom stereocenters. The van der Waals surface area contributed by atoms with Crippen LogP contribution in [-0.4, -0.2) is 40.2 Å². The number of thiazole rings is 1. The van der Waals surface area contributed by atoms with Crippen LogP contribution in [-0.2, 0) is 10.5 Å². The zero-order chi connectivity index (χ0) is 18.2. The quantitative estimate of drug-likeness (QED) is 0.531. The Morgan fingerprint density at radius 2 is 2.08 bits per heavy atom. The first-order valence-corrected chi connectivity index (χ1v) is 11.3. The summed E-state index contributed by atoms with van der Waals surface area (Å²) in [6.07, 6.45) is 9.57. The number of hydrogen-bond acceptors (Lipinski definition) is 6. The molecule has 1 saturated carbocycles. The highest BCUT2D eigenvalue weighted by Gasteiger charge is 2.11. The molecule has 26 heavy (non-hydrogen) atoms. The van der Waals surface area contributed by atoms with Crippen molar-refractivity contribution < 1.29 is 4.79 Å². The second-order valence-corrected chi connectivity index (χ2v) is 8.49. The highest BCUT2D eigenvalue weighted by atomic mass is 32.2. The number of amides is 1. The average Bonchev–Trinajstić information content (AvgIpc) is 2.95. The van der Waals surface area contributed by atoms with Crippen LogP contribution < -0.4 is 16.2 Å². The second-order valence-electron chi connectivity index (χ2n) is 6.63. The number of carbonyl (C=O) groups is 1. The third-order valence-electron chi connectivity index (χ3n) is 4.57. The molecular formula is C18H26N4O2S2. The first kappa shape index (κ1) is 19.4. The van der Waals surface area contributed by atoms with Crippen molar-refractivity contribution in [2.75, 3.05) is 18.8 Å². The molecule has 0 spiro atoms. The van der Waals surface area contributed by atoms with Gasteiger partial charge in [-0.1, -0.05) is 25.7 Å². The zero-order valence-corrected chi connectivity index (χ0v) is 16.5. The Kier molecular flexibility index (Phi) is 7.52. The lowest BCUT2D eigenvalue weighted by Gasteiger charge is -2.16. The number of hydrogen-bond donors (Lipinski definition) is 2. The maximum atomic E-state index is 11.9. The Hall–Kier alpha value is -1.38. The van der Waals surface area contributed by atoms with E-state index in [-0.39, 0.29) is 11.5 Å². The van der Waals surface area contributed by atoms with Crippen molar-refractivity contribution in [3.05, 3.63) is 33.7 Å². The van der Waals surface area contributed by atoms with Gasteiger partial charge >= 0.3 is 0 Å². The van der Waals surface area contributed by atoms with Crippen LogP contribution in [0.1, 0.15) is 44.2 Å². The maximum Gasteiger partial charge on any atom is 0.258 e. The van der Waals surface area contributed by atoms with Gasteiger partial charge in [0.05, 0.1) is 11.4 Å². The van der Waals surface area contributed by atoms with Crippen LogP contribution in [0.5, 0.6) is 0 Å². The largest absolute Gasteiger partial charge is 0.354 e. The molecule has 2 N–H and O–H groups in total. The smallest absolute Gasteiger partial charge is 0.258 e. The summed E-state index contributed by atoms with van der Waals surface area (Å²) < 4.78 is 1.53. The number of fused-ring (bicyclic) bond motifs is 1. The van der Waals surface area contributed by atoms with Crippen molar-refractivity contribution in [3.8, 4) is 0 Å². The summed E-state index contributed by atoms with van der Waals surface area (Å²) in [5.74, 6) is 0.985. The Labute approximate surface area is 161 Å². The van der Waals surface area contributed by atoms with Gasteiger partial charge < -0.3 is 10.6 Å². The van der Waals surface area contributed by atoms with Crippen molar-refractivity contribution in [3.63, 3.8) is 0 Å². The van der Waals surface area contributed by atoms with E-state index in [9.17, 15) is 9.59 Å². The molecule has 2 aromatic heterocycles. The summed E-state index contributed by atoms with van der Waals surface area (Å²) in [4.78, 5) is 29.0. The van der Waals surface area contributed by atoms with E-state index in [0.717, 1.165) is 12.2 Å². The van der Waals surface area contributed by atoms with Gasteiger partial charge in [-0.05, 0) is 12.8 Å². The molecule has 0 radical (unpaired) electrons. The van der Waals surface area contributed by atoms with Gasteiger partial charge in [-0.25, -0.2) is 4.98 Å². The summed E-state index contributed by atoms with van der Waals surface area (Å²) in [7, 11) is 0. The van der Waals surface area contributed by atoms with E-state index in [2.05, 4.69) is 15.6 Å². The topological polar surface area (TPSA) is 75.5 Å². The number of rotatable bonds is 8. The molecule has 142 valence electrons. The molecule has 8 heteroatoms. The van der Waals surface area contributed by atoms with E-state index in [1.54, 1.807) is 12.3 Å². The lowest BCUT2D eigenvalue weighted by Crippen LogP contribution is -2.37. The van der Waals surface area contributed by atoms with Crippen molar-refractivity contribution in [1.29, 1.82) is 0 Å². The number of thioether (sulfide) groups is 1. The first-order chi connectivity index (χ1) is 12.7. The maximum absolute atomic E-state index is 11.9. The van der Waals surface area contributed by atoms with E-state index in [0.29, 0.717) is 29.1 Å². The molecule has 1 fully saturated rings. The van der Waals surface area contributed by atoms with Crippen molar-refractivity contribution >= 4 is 34.0 Å². The molecule has 0 saturated heterocycles. The molecule has 2 heterocycles. The molecule has 2 aromatic rings. The minimum atomic E-state index is -0.0686. The molecule has 0 unspecified atom stereocenters. The summed E-state index contributed by atoms with van der Waals surface area (Å²) in [6.45, 7) is 1.49. The fourth-order valence-electron chi connectivity index (χ4n) is 3.22. The van der Waals surface area contributed by atoms with Gasteiger partial charge in [-0.3, -0.25) is 14.0 Å². The minimum absolute atomic E-state index is 0.0339. The summed E-state index contributed by atoms with van der Waals surface area (Å²) in [5.41, 5.74) is 0.658. The summed E-state index contributed by atoms with van der Waals surface area (Å²) in [6, 6.07) is 2.16. The zero-order valence-electron chi connectivity index (χ0n) is 14.9. The van der Waals surface area contributed by atoms with Gasteiger partial charge in [0.1, 0.15) is 0 Å². The summed E-state index contributed by atoms with van der Waals surface area (Å²) in [5, 5.41) is 8.35. The SMILES string of the molecule is O=C(CSCc1cc(=O)n2ccsc2n1)NCCNC1CCCCCC1. The fraction of sp³-hybridized carbons (Fsp3) is 0.611. The Balaban J connectivity index is 1.31. The van der Waals surface area contributed by atoms with E-state index in [4.69, 9.17) is 0 Å². The van der Waals surface area contributed by atoms with Gasteiger partial charge in [-0.15, -0.1) is 23.1 Å². The van der Waals surface area contributed by atoms with Crippen LogP contribution in [0.3, 0.4) is 0 Å². The lowest BCUT2D eigenvalue weighted by molar-refractivity contribution is -0.118. The van der Waals surface area contributed by atoms with Crippen molar-refractivity contribution in [1.82, 2.24) is 20.0 Å². The van der Waals surface area contributed by atoms with Gasteiger partial charge in [0.2, 0.25) is 5.91 Å². The van der Waals surface area contributed by atoms with E-state index < -0.39 is 0 Å². The molecule has 1 aliphatic carbocycles. The van der Waals surface area contributed by atoms with Crippen LogP contribution >= 0.6 is 23.1 Å². The van der Waals surface area contributed by atoms with Gasteiger partial charge in [0, 0.05) is 42.5 Å².